The summed E-state index contributed by atoms with van der Waals surface area (Å²) in [5.74, 6) is -2.64. The first-order valence-electron chi connectivity index (χ1n) is 22.3. The van der Waals surface area contributed by atoms with Crippen molar-refractivity contribution < 1.29 is 53.3 Å². The highest BCUT2D eigenvalue weighted by Gasteiger charge is 2.56. The summed E-state index contributed by atoms with van der Waals surface area (Å²) in [5.41, 5.74) is 30.4. The zero-order valence-electron chi connectivity index (χ0n) is 41.5. The quantitative estimate of drug-likeness (QED) is 0.0439. The van der Waals surface area contributed by atoms with E-state index in [1.165, 1.54) is 30.4 Å². The molecule has 30 heteroatoms. The summed E-state index contributed by atoms with van der Waals surface area (Å²) in [5, 5.41) is 75.5. The van der Waals surface area contributed by atoms with E-state index in [0.717, 1.165) is 11.8 Å². The third kappa shape index (κ3) is 15.6. The molecule has 7 aliphatic heterocycles. The molecule has 0 radical (unpaired) electrons. The van der Waals surface area contributed by atoms with Crippen LogP contribution in [0.4, 0.5) is 17.6 Å². The molecule has 70 heavy (non-hydrogen) atoms. The van der Waals surface area contributed by atoms with Crippen LogP contribution in [0, 0.1) is 0 Å². The summed E-state index contributed by atoms with van der Waals surface area (Å²) in [4.78, 5) is 11.1. The Labute approximate surface area is 438 Å². The Kier molecular flexibility index (Phi) is 28.2. The van der Waals surface area contributed by atoms with E-state index in [4.69, 9.17) is 57.9 Å². The SMILES string of the molecule is CC1SC(CO)C1(C)F.CC1SC(CO)C1(C)N=[N+]=[N-].CC1SC(CO)C1(C)N=[N+]=[N-].CC1SC(CO)C1(C)N=[N+]=[N-].CC1SC(CO)C1(C)N=[N+]=[N-].CC1SC(CO)C1(F)F.CC1SC(CO)C1F. The maximum atomic E-state index is 13.1. The Morgan fingerprint density at radius 3 is 0.757 bits per heavy atom. The molecular weight excluding hydrogens is 1060 g/mol. The Morgan fingerprint density at radius 2 is 0.657 bits per heavy atom. The summed E-state index contributed by atoms with van der Waals surface area (Å²) < 4.78 is 50.3. The van der Waals surface area contributed by atoms with E-state index in [9.17, 15) is 17.6 Å². The molecule has 0 saturated carbocycles. The van der Waals surface area contributed by atoms with Crippen molar-refractivity contribution in [3.05, 3.63) is 41.8 Å². The Hall–Kier alpha value is -0.870. The van der Waals surface area contributed by atoms with Gasteiger partial charge >= 0.3 is 0 Å². The van der Waals surface area contributed by atoms with E-state index >= 15 is 0 Å². The van der Waals surface area contributed by atoms with Gasteiger partial charge in [0.1, 0.15) is 11.8 Å². The topological polar surface area (TPSA) is 337 Å². The molecule has 404 valence electrons. The molecule has 7 fully saturated rings. The van der Waals surface area contributed by atoms with Crippen molar-refractivity contribution in [2.24, 2.45) is 20.5 Å². The number of alkyl halides is 4. The van der Waals surface area contributed by atoms with E-state index in [0.29, 0.717) is 21.0 Å². The average molecular weight is 1130 g/mol. The van der Waals surface area contributed by atoms with Crippen LogP contribution in [0.1, 0.15) is 83.1 Å². The second-order valence-electron chi connectivity index (χ2n) is 18.2. The van der Waals surface area contributed by atoms with E-state index < -0.39 is 34.9 Å². The monoisotopic (exact) mass is 1130 g/mol. The lowest BCUT2D eigenvalue weighted by molar-refractivity contribution is -0.0295. The van der Waals surface area contributed by atoms with E-state index in [1.54, 1.807) is 54.0 Å². The first-order chi connectivity index (χ1) is 32.5. The predicted octanol–water partition coefficient (Wildman–Crippen LogP) is 9.36. The Bertz CT molecular complexity index is 1650. The van der Waals surface area contributed by atoms with E-state index in [1.807, 2.05) is 69.2 Å². The highest BCUT2D eigenvalue weighted by atomic mass is 32.2. The predicted molar refractivity (Wildman–Crippen MR) is 285 cm³/mol. The summed E-state index contributed by atoms with van der Waals surface area (Å²) in [7, 11) is 0. The van der Waals surface area contributed by atoms with Gasteiger partial charge in [-0.05, 0) is 36.0 Å². The van der Waals surface area contributed by atoms with Crippen molar-refractivity contribution in [3.8, 4) is 0 Å². The summed E-state index contributed by atoms with van der Waals surface area (Å²) in [6, 6.07) is 0. The van der Waals surface area contributed by atoms with Gasteiger partial charge in [-0.2, -0.15) is 47.0 Å². The van der Waals surface area contributed by atoms with Crippen LogP contribution in [-0.4, -0.2) is 195 Å². The van der Waals surface area contributed by atoms with Crippen molar-refractivity contribution in [2.45, 2.75) is 197 Å². The fourth-order valence-corrected chi connectivity index (χ4v) is 16.1. The molecule has 19 nitrogen and oxygen atoms in total. The molecule has 20 unspecified atom stereocenters. The van der Waals surface area contributed by atoms with Crippen LogP contribution in [0.25, 0.3) is 41.8 Å². The highest BCUT2D eigenvalue weighted by Crippen LogP contribution is 2.52. The number of hydrogen-bond acceptors (Lipinski definition) is 18. The fraction of sp³-hybridized carbons (Fsp3) is 1.00. The largest absolute Gasteiger partial charge is 0.395 e. The number of nitrogens with zero attached hydrogens (tertiary/aromatic N) is 12. The second kappa shape index (κ2) is 29.4. The van der Waals surface area contributed by atoms with Crippen LogP contribution < -0.4 is 0 Å². The second-order valence-corrected chi connectivity index (χ2v) is 29.1. The standard InChI is InChI=1S/C6H11FOS.4C6H11N3OS.C5H8F2OS.C5H9FOS/c1-4-6(2,7)5(3-8)9-4;4*1-4-6(2,8-9-7)5(3-10)11-4;1-3-5(6,7)4(2-8)9-3;1-3-5(6)4(2-7)8-3/h4-5,8H,3H2,1-2H3;4*4-5,10H,3H2,1-2H3;3-4,8H,2H2,1H3;3-5,7H,2H2,1H3. The molecule has 7 aliphatic rings. The van der Waals surface area contributed by atoms with Crippen molar-refractivity contribution in [3.63, 3.8) is 0 Å². The third-order valence-electron chi connectivity index (χ3n) is 13.9. The number of aliphatic hydroxyl groups is 7. The molecule has 7 saturated heterocycles. The van der Waals surface area contributed by atoms with Crippen LogP contribution in [0.3, 0.4) is 0 Å². The molecular formula is C40H72F4N12O7S7. The summed E-state index contributed by atoms with van der Waals surface area (Å²) in [6.07, 6.45) is -0.773. The molecule has 0 aromatic carbocycles. The molecule has 0 amide bonds. The van der Waals surface area contributed by atoms with Crippen LogP contribution >= 0.6 is 82.3 Å². The number of halogens is 4. The van der Waals surface area contributed by atoms with Gasteiger partial charge in [-0.25, -0.2) is 17.6 Å². The molecule has 7 N–H and O–H groups in total. The summed E-state index contributed by atoms with van der Waals surface area (Å²) in [6.45, 7) is 22.1. The average Bonchev–Trinajstić information content (AvgIpc) is 3.34. The van der Waals surface area contributed by atoms with Gasteiger partial charge in [-0.3, -0.25) is 0 Å². The minimum Gasteiger partial charge on any atom is -0.395 e. The smallest absolute Gasteiger partial charge is 0.273 e. The van der Waals surface area contributed by atoms with Crippen molar-refractivity contribution in [2.75, 3.05) is 46.2 Å². The van der Waals surface area contributed by atoms with Gasteiger partial charge in [0.25, 0.3) is 5.92 Å². The Morgan fingerprint density at radius 1 is 0.400 bits per heavy atom. The summed E-state index contributed by atoms with van der Waals surface area (Å²) >= 11 is 10.8. The maximum absolute atomic E-state index is 13.1. The number of rotatable bonds is 11. The molecule has 0 spiro atoms. The maximum Gasteiger partial charge on any atom is 0.273 e. The lowest BCUT2D eigenvalue weighted by Crippen LogP contribution is -2.55. The molecule has 20 atom stereocenters. The van der Waals surface area contributed by atoms with Gasteiger partial charge in [-0.15, -0.1) is 35.3 Å². The Balaban J connectivity index is 0.000000409. The minimum atomic E-state index is -2.64. The normalized spacial score (nSPS) is 43.6. The number of thioether (sulfide) groups is 7. The third-order valence-corrected chi connectivity index (χ3v) is 26.0. The molecule has 7 heterocycles. The van der Waals surface area contributed by atoms with E-state index in [2.05, 4.69) is 40.1 Å². The minimum absolute atomic E-state index is 0.0177. The van der Waals surface area contributed by atoms with Gasteiger partial charge in [0.15, 0.2) is 0 Å². The molecule has 0 bridgehead atoms. The number of hydrogen-bond donors (Lipinski definition) is 7. The lowest BCUT2D eigenvalue weighted by atomic mass is 9.93. The van der Waals surface area contributed by atoms with Gasteiger partial charge in [0, 0.05) is 72.1 Å². The number of aliphatic hydroxyl groups excluding tert-OH is 7. The molecule has 0 aliphatic carbocycles. The zero-order chi connectivity index (χ0) is 54.2. The van der Waals surface area contributed by atoms with Gasteiger partial charge in [0.05, 0.1) is 89.4 Å². The van der Waals surface area contributed by atoms with Gasteiger partial charge in [-0.1, -0.05) is 89.7 Å². The van der Waals surface area contributed by atoms with Crippen molar-refractivity contribution in [1.29, 1.82) is 0 Å². The fourth-order valence-electron chi connectivity index (χ4n) is 7.21. The van der Waals surface area contributed by atoms with Crippen molar-refractivity contribution >= 4 is 82.3 Å². The van der Waals surface area contributed by atoms with Crippen LogP contribution in [0.15, 0.2) is 20.5 Å². The lowest BCUT2D eigenvalue weighted by Gasteiger charge is -2.48. The zero-order valence-corrected chi connectivity index (χ0v) is 47.2. The van der Waals surface area contributed by atoms with Gasteiger partial charge in [0.2, 0.25) is 0 Å². The first-order valence-corrected chi connectivity index (χ1v) is 28.9. The van der Waals surface area contributed by atoms with Gasteiger partial charge < -0.3 is 35.7 Å². The van der Waals surface area contributed by atoms with Crippen LogP contribution in [-0.2, 0) is 0 Å². The molecule has 7 rings (SSSR count). The highest BCUT2D eigenvalue weighted by molar-refractivity contribution is 8.03. The van der Waals surface area contributed by atoms with Crippen molar-refractivity contribution in [1.82, 2.24) is 0 Å². The molecule has 0 aromatic rings. The van der Waals surface area contributed by atoms with E-state index in [-0.39, 0.29) is 104 Å². The van der Waals surface area contributed by atoms with Crippen LogP contribution in [0.5, 0.6) is 0 Å². The first kappa shape index (κ1) is 67.1. The number of azide groups is 4. The van der Waals surface area contributed by atoms with Crippen LogP contribution in [0.2, 0.25) is 0 Å². The molecule has 0 aromatic heterocycles.